The number of imide groups is 1. The summed E-state index contributed by atoms with van der Waals surface area (Å²) in [6, 6.07) is 16.4. The third-order valence-corrected chi connectivity index (χ3v) is 6.25. The van der Waals surface area contributed by atoms with E-state index in [0.717, 1.165) is 0 Å². The lowest BCUT2D eigenvalue weighted by atomic mass is 9.55. The van der Waals surface area contributed by atoms with Crippen molar-refractivity contribution in [2.75, 3.05) is 13.1 Å². The Balaban J connectivity index is 1.60. The van der Waals surface area contributed by atoms with E-state index < -0.39 is 0 Å². The second-order valence-corrected chi connectivity index (χ2v) is 7.58. The molecule has 1 N–H and O–H groups in total. The minimum Gasteiger partial charge on any atom is -0.355 e. The molecule has 2 atom stereocenters. The predicted octanol–water partition coefficient (Wildman–Crippen LogP) is 2.01. The van der Waals surface area contributed by atoms with E-state index in [1.54, 1.807) is 0 Å². The molecule has 1 aliphatic heterocycles. The van der Waals surface area contributed by atoms with Crippen molar-refractivity contribution in [1.82, 2.24) is 10.2 Å². The molecule has 1 fully saturated rings. The molecule has 0 spiro atoms. The number of likely N-dealkylation sites (tertiary alicyclic amines) is 1. The Bertz CT molecular complexity index is 868. The fraction of sp³-hybridized carbons (Fsp3) is 0.318. The summed E-state index contributed by atoms with van der Waals surface area (Å²) in [5.41, 5.74) is 4.69. The molecule has 5 heteroatoms. The van der Waals surface area contributed by atoms with Crippen molar-refractivity contribution in [3.8, 4) is 0 Å². The van der Waals surface area contributed by atoms with Gasteiger partial charge in [0, 0.05) is 31.8 Å². The van der Waals surface area contributed by atoms with Crippen molar-refractivity contribution >= 4 is 17.7 Å². The van der Waals surface area contributed by atoms with Crippen LogP contribution in [0.1, 0.15) is 41.0 Å². The van der Waals surface area contributed by atoms with Crippen LogP contribution in [0.4, 0.5) is 0 Å². The van der Waals surface area contributed by atoms with E-state index in [4.69, 9.17) is 0 Å². The van der Waals surface area contributed by atoms with Crippen LogP contribution < -0.4 is 5.32 Å². The van der Waals surface area contributed by atoms with Crippen LogP contribution in [0.3, 0.4) is 0 Å². The molecule has 136 valence electrons. The number of benzene rings is 2. The van der Waals surface area contributed by atoms with Crippen LogP contribution in [-0.2, 0) is 14.4 Å². The predicted molar refractivity (Wildman–Crippen MR) is 99.0 cm³/mol. The van der Waals surface area contributed by atoms with Gasteiger partial charge in [-0.25, -0.2) is 0 Å². The summed E-state index contributed by atoms with van der Waals surface area (Å²) in [4.78, 5) is 39.0. The van der Waals surface area contributed by atoms with E-state index in [0.29, 0.717) is 6.54 Å². The molecule has 6 rings (SSSR count). The van der Waals surface area contributed by atoms with Gasteiger partial charge in [0.05, 0.1) is 11.8 Å². The molecule has 0 aromatic heterocycles. The third-order valence-electron chi connectivity index (χ3n) is 6.25. The topological polar surface area (TPSA) is 66.5 Å². The molecule has 2 bridgehead atoms. The Kier molecular flexibility index (Phi) is 3.47. The maximum absolute atomic E-state index is 13.2. The molecule has 5 nitrogen and oxygen atoms in total. The Morgan fingerprint density at radius 1 is 0.852 bits per heavy atom. The number of nitrogens with zero attached hydrogens (tertiary/aromatic N) is 1. The zero-order valence-electron chi connectivity index (χ0n) is 15.0. The van der Waals surface area contributed by atoms with Gasteiger partial charge in [-0.15, -0.1) is 0 Å². The number of rotatable bonds is 3. The van der Waals surface area contributed by atoms with E-state index in [9.17, 15) is 14.4 Å². The van der Waals surface area contributed by atoms with Crippen molar-refractivity contribution in [2.24, 2.45) is 11.8 Å². The monoisotopic (exact) mass is 360 g/mol. The third kappa shape index (κ3) is 2.14. The van der Waals surface area contributed by atoms with Crippen molar-refractivity contribution in [3.63, 3.8) is 0 Å². The molecule has 2 aromatic carbocycles. The van der Waals surface area contributed by atoms with Gasteiger partial charge < -0.3 is 5.32 Å². The molecule has 0 radical (unpaired) electrons. The summed E-state index contributed by atoms with van der Waals surface area (Å²) in [6.45, 7) is 1.96. The highest BCUT2D eigenvalue weighted by molar-refractivity contribution is 6.07. The Labute approximate surface area is 157 Å². The van der Waals surface area contributed by atoms with Crippen LogP contribution in [0.25, 0.3) is 0 Å². The van der Waals surface area contributed by atoms with Gasteiger partial charge in [-0.3, -0.25) is 19.3 Å². The highest BCUT2D eigenvalue weighted by atomic mass is 16.2. The van der Waals surface area contributed by atoms with Crippen molar-refractivity contribution in [3.05, 3.63) is 70.8 Å². The van der Waals surface area contributed by atoms with Crippen molar-refractivity contribution in [1.29, 1.82) is 0 Å². The van der Waals surface area contributed by atoms with Crippen molar-refractivity contribution < 1.29 is 14.4 Å². The molecule has 2 aromatic rings. The van der Waals surface area contributed by atoms with Crippen LogP contribution in [0, 0.1) is 11.8 Å². The smallest absolute Gasteiger partial charge is 0.234 e. The van der Waals surface area contributed by atoms with Crippen LogP contribution >= 0.6 is 0 Å². The number of nitrogens with one attached hydrogen (secondary N) is 1. The van der Waals surface area contributed by atoms with Gasteiger partial charge in [0.1, 0.15) is 0 Å². The molecular weight excluding hydrogens is 340 g/mol. The van der Waals surface area contributed by atoms with Crippen LogP contribution in [0.5, 0.6) is 0 Å². The number of amides is 3. The Hall–Kier alpha value is -2.95. The largest absolute Gasteiger partial charge is 0.355 e. The summed E-state index contributed by atoms with van der Waals surface area (Å²) in [5.74, 6) is -1.20. The number of carbonyl (C=O) groups excluding carboxylic acids is 3. The zero-order valence-corrected chi connectivity index (χ0v) is 15.0. The highest BCUT2D eigenvalue weighted by Gasteiger charge is 2.61. The van der Waals surface area contributed by atoms with Crippen molar-refractivity contribution in [2.45, 2.75) is 18.8 Å². The van der Waals surface area contributed by atoms with Gasteiger partial charge >= 0.3 is 0 Å². The fourth-order valence-electron chi connectivity index (χ4n) is 5.30. The Morgan fingerprint density at radius 2 is 1.26 bits per heavy atom. The highest BCUT2D eigenvalue weighted by Crippen LogP contribution is 2.60. The van der Waals surface area contributed by atoms with Gasteiger partial charge in [0.15, 0.2) is 0 Å². The second kappa shape index (κ2) is 5.78. The average Bonchev–Trinajstić information content (AvgIpc) is 2.93. The summed E-state index contributed by atoms with van der Waals surface area (Å²) < 4.78 is 0. The first-order valence-electron chi connectivity index (χ1n) is 9.37. The Morgan fingerprint density at radius 3 is 1.63 bits per heavy atom. The normalized spacial score (nSPS) is 27.2. The molecule has 1 saturated heterocycles. The molecular formula is C22H20N2O3. The van der Waals surface area contributed by atoms with E-state index in [2.05, 4.69) is 29.6 Å². The lowest BCUT2D eigenvalue weighted by Gasteiger charge is -2.45. The molecule has 4 aliphatic rings. The van der Waals surface area contributed by atoms with E-state index in [1.165, 1.54) is 34.1 Å². The van der Waals surface area contributed by atoms with Gasteiger partial charge in [-0.1, -0.05) is 48.5 Å². The van der Waals surface area contributed by atoms with E-state index in [-0.39, 0.29) is 47.9 Å². The average molecular weight is 360 g/mol. The molecule has 3 amide bonds. The maximum atomic E-state index is 13.2. The number of hydrogen-bond acceptors (Lipinski definition) is 3. The molecule has 27 heavy (non-hydrogen) atoms. The second-order valence-electron chi connectivity index (χ2n) is 7.58. The number of carbonyl (C=O) groups is 3. The van der Waals surface area contributed by atoms with Crippen LogP contribution in [0.2, 0.25) is 0 Å². The van der Waals surface area contributed by atoms with Gasteiger partial charge in [0.2, 0.25) is 17.7 Å². The lowest BCUT2D eigenvalue weighted by Crippen LogP contribution is -2.41. The maximum Gasteiger partial charge on any atom is 0.234 e. The summed E-state index contributed by atoms with van der Waals surface area (Å²) in [6.07, 6.45) is 0. The first-order chi connectivity index (χ1) is 13.1. The van der Waals surface area contributed by atoms with Gasteiger partial charge in [-0.05, 0) is 22.3 Å². The van der Waals surface area contributed by atoms with Gasteiger partial charge in [-0.2, -0.15) is 0 Å². The minimum absolute atomic E-state index is 0.0744. The summed E-state index contributed by atoms with van der Waals surface area (Å²) >= 11 is 0. The minimum atomic E-state index is -0.343. The quantitative estimate of drug-likeness (QED) is 0.852. The standard InChI is InChI=1S/C22H20N2O3/c1-12(25)23-10-11-24-21(26)19-17-13-6-2-3-7-14(13)18(20(19)22(24)27)16-9-5-4-8-15(16)17/h2-9,17-20H,10-11H2,1H3,(H,23,25)/t17?,18?,19-,20-/m1/s1. The van der Waals surface area contributed by atoms with Gasteiger partial charge in [0.25, 0.3) is 0 Å². The lowest BCUT2D eigenvalue weighted by molar-refractivity contribution is -0.140. The number of hydrogen-bond donors (Lipinski definition) is 1. The SMILES string of the molecule is CC(=O)NCCN1C(=O)[C@@H]2C3c4ccccc4C(c4ccccc43)[C@H]2C1=O. The molecule has 0 unspecified atom stereocenters. The first kappa shape index (κ1) is 16.2. The summed E-state index contributed by atoms with van der Waals surface area (Å²) in [7, 11) is 0. The van der Waals surface area contributed by atoms with E-state index >= 15 is 0 Å². The fourth-order valence-corrected chi connectivity index (χ4v) is 5.30. The zero-order chi connectivity index (χ0) is 18.7. The van der Waals surface area contributed by atoms with E-state index in [1.807, 2.05) is 24.3 Å². The summed E-state index contributed by atoms with van der Waals surface area (Å²) in [5, 5.41) is 2.68. The molecule has 3 aliphatic carbocycles. The molecule has 1 heterocycles. The first-order valence-corrected chi connectivity index (χ1v) is 9.37. The van der Waals surface area contributed by atoms with Crippen LogP contribution in [0.15, 0.2) is 48.5 Å². The van der Waals surface area contributed by atoms with Crippen LogP contribution in [-0.4, -0.2) is 35.7 Å². The molecule has 0 saturated carbocycles.